The molecule has 0 unspecified atom stereocenters. The first-order valence-corrected chi connectivity index (χ1v) is 8.64. The van der Waals surface area contributed by atoms with Crippen LogP contribution >= 0.6 is 0 Å². The summed E-state index contributed by atoms with van der Waals surface area (Å²) < 4.78 is 6.73. The molecule has 3 rings (SSSR count). The van der Waals surface area contributed by atoms with E-state index in [1.54, 1.807) is 11.6 Å². The van der Waals surface area contributed by atoms with Crippen LogP contribution < -0.4 is 0 Å². The first-order chi connectivity index (χ1) is 13.1. The van der Waals surface area contributed by atoms with Gasteiger partial charge < -0.3 is 4.74 Å². The summed E-state index contributed by atoms with van der Waals surface area (Å²) >= 11 is 0. The van der Waals surface area contributed by atoms with Gasteiger partial charge in [-0.25, -0.2) is 9.48 Å². The van der Waals surface area contributed by atoms with E-state index in [4.69, 9.17) is 9.84 Å². The molecule has 5 nitrogen and oxygen atoms in total. The second kappa shape index (κ2) is 8.15. The third-order valence-electron chi connectivity index (χ3n) is 4.07. The van der Waals surface area contributed by atoms with Gasteiger partial charge in [0.2, 0.25) is 0 Å². The van der Waals surface area contributed by atoms with Gasteiger partial charge in [-0.15, -0.1) is 0 Å². The largest absolute Gasteiger partial charge is 0.462 e. The van der Waals surface area contributed by atoms with E-state index in [-0.39, 0.29) is 12.2 Å². The molecular formula is C22H19N3O2. The van der Waals surface area contributed by atoms with Gasteiger partial charge in [-0.3, -0.25) is 0 Å². The van der Waals surface area contributed by atoms with Gasteiger partial charge in [0.1, 0.15) is 11.6 Å². The fraction of sp³-hybridized carbons (Fsp3) is 0.136. The van der Waals surface area contributed by atoms with Gasteiger partial charge in [-0.1, -0.05) is 48.5 Å². The van der Waals surface area contributed by atoms with Crippen LogP contribution in [0, 0.1) is 18.3 Å². The molecule has 1 heterocycles. The Morgan fingerprint density at radius 2 is 1.89 bits per heavy atom. The van der Waals surface area contributed by atoms with E-state index in [9.17, 15) is 10.1 Å². The summed E-state index contributed by atoms with van der Waals surface area (Å²) in [6.45, 7) is 3.93. The monoisotopic (exact) mass is 357 g/mol. The van der Waals surface area contributed by atoms with Crippen molar-refractivity contribution >= 4 is 12.0 Å². The van der Waals surface area contributed by atoms with Crippen LogP contribution in [0.2, 0.25) is 0 Å². The molecule has 0 aliphatic heterocycles. The second-order valence-corrected chi connectivity index (χ2v) is 5.92. The van der Waals surface area contributed by atoms with Crippen molar-refractivity contribution in [3.8, 4) is 23.0 Å². The molecule has 0 atom stereocenters. The summed E-state index contributed by atoms with van der Waals surface area (Å²) in [6.07, 6.45) is 3.35. The van der Waals surface area contributed by atoms with Crippen LogP contribution in [-0.4, -0.2) is 22.4 Å². The molecule has 0 amide bonds. The highest BCUT2D eigenvalue weighted by atomic mass is 16.5. The van der Waals surface area contributed by atoms with E-state index in [0.717, 1.165) is 16.8 Å². The first kappa shape index (κ1) is 18.2. The minimum Gasteiger partial charge on any atom is -0.462 e. The van der Waals surface area contributed by atoms with E-state index in [0.29, 0.717) is 11.3 Å². The maximum Gasteiger partial charge on any atom is 0.348 e. The zero-order valence-electron chi connectivity index (χ0n) is 15.2. The number of hydrogen-bond donors (Lipinski definition) is 0. The van der Waals surface area contributed by atoms with Gasteiger partial charge in [-0.05, 0) is 31.6 Å². The van der Waals surface area contributed by atoms with Gasteiger partial charge in [0.25, 0.3) is 0 Å². The number of esters is 1. The van der Waals surface area contributed by atoms with Crippen molar-refractivity contribution < 1.29 is 9.53 Å². The molecule has 1 aromatic heterocycles. The number of nitriles is 1. The molecule has 0 fully saturated rings. The van der Waals surface area contributed by atoms with E-state index < -0.39 is 5.97 Å². The molecule has 0 aliphatic carbocycles. The number of rotatable bonds is 5. The lowest BCUT2D eigenvalue weighted by Crippen LogP contribution is -2.06. The Labute approximate surface area is 158 Å². The quantitative estimate of drug-likeness (QED) is 0.387. The van der Waals surface area contributed by atoms with Crippen molar-refractivity contribution in [2.75, 3.05) is 6.61 Å². The molecule has 134 valence electrons. The predicted molar refractivity (Wildman–Crippen MR) is 104 cm³/mol. The van der Waals surface area contributed by atoms with Crippen molar-refractivity contribution in [2.24, 2.45) is 0 Å². The van der Waals surface area contributed by atoms with E-state index in [2.05, 4.69) is 0 Å². The topological polar surface area (TPSA) is 67.9 Å². The van der Waals surface area contributed by atoms with Crippen molar-refractivity contribution in [1.82, 2.24) is 9.78 Å². The van der Waals surface area contributed by atoms with Crippen LogP contribution in [0.15, 0.2) is 66.4 Å². The van der Waals surface area contributed by atoms with E-state index in [1.165, 1.54) is 6.08 Å². The maximum absolute atomic E-state index is 12.0. The number of para-hydroxylation sites is 1. The lowest BCUT2D eigenvalue weighted by atomic mass is 10.1. The molecule has 0 spiro atoms. The third-order valence-corrected chi connectivity index (χ3v) is 4.07. The molecule has 5 heteroatoms. The summed E-state index contributed by atoms with van der Waals surface area (Å²) in [5, 5.41) is 14.1. The highest BCUT2D eigenvalue weighted by Crippen LogP contribution is 2.26. The molecule has 0 saturated carbocycles. The molecular weight excluding hydrogens is 338 g/mol. The third kappa shape index (κ3) is 3.96. The number of carbonyl (C=O) groups excluding carboxylic acids is 1. The summed E-state index contributed by atoms with van der Waals surface area (Å²) in [5.41, 5.74) is 4.21. The average molecular weight is 357 g/mol. The van der Waals surface area contributed by atoms with E-state index >= 15 is 0 Å². The summed E-state index contributed by atoms with van der Waals surface area (Å²) in [4.78, 5) is 12.0. The first-order valence-electron chi connectivity index (χ1n) is 8.64. The Bertz CT molecular complexity index is 1030. The Hall–Kier alpha value is -3.65. The van der Waals surface area contributed by atoms with Crippen molar-refractivity contribution in [3.05, 3.63) is 77.5 Å². The summed E-state index contributed by atoms with van der Waals surface area (Å²) in [7, 11) is 0. The van der Waals surface area contributed by atoms with E-state index in [1.807, 2.05) is 73.8 Å². The Kier molecular flexibility index (Phi) is 5.48. The SMILES string of the molecule is CCOC(=O)/C(C#N)=C/c1cn(-c2ccccc2C)nc1-c1ccccc1. The average Bonchev–Trinajstić information content (AvgIpc) is 3.11. The molecule has 0 aliphatic rings. The highest BCUT2D eigenvalue weighted by molar-refractivity contribution is 5.98. The fourth-order valence-electron chi connectivity index (χ4n) is 2.76. The van der Waals surface area contributed by atoms with Crippen LogP contribution in [0.3, 0.4) is 0 Å². The molecule has 27 heavy (non-hydrogen) atoms. The maximum atomic E-state index is 12.0. The van der Waals surface area contributed by atoms with Crippen molar-refractivity contribution in [1.29, 1.82) is 5.26 Å². The minimum atomic E-state index is -0.636. The van der Waals surface area contributed by atoms with Crippen LogP contribution in [0.25, 0.3) is 23.0 Å². The lowest BCUT2D eigenvalue weighted by molar-refractivity contribution is -0.137. The number of benzene rings is 2. The Morgan fingerprint density at radius 1 is 1.19 bits per heavy atom. The number of hydrogen-bond acceptors (Lipinski definition) is 4. The molecule has 2 aromatic carbocycles. The predicted octanol–water partition coefficient (Wildman–Crippen LogP) is 4.32. The van der Waals surface area contributed by atoms with Crippen LogP contribution in [0.4, 0.5) is 0 Å². The fourth-order valence-corrected chi connectivity index (χ4v) is 2.76. The van der Waals surface area contributed by atoms with Gasteiger partial charge in [0.05, 0.1) is 18.0 Å². The summed E-state index contributed by atoms with van der Waals surface area (Å²) in [6, 6.07) is 19.5. The van der Waals surface area contributed by atoms with Gasteiger partial charge in [0, 0.05) is 17.3 Å². The van der Waals surface area contributed by atoms with Crippen LogP contribution in [0.1, 0.15) is 18.1 Å². The van der Waals surface area contributed by atoms with Gasteiger partial charge >= 0.3 is 5.97 Å². The van der Waals surface area contributed by atoms with Gasteiger partial charge in [-0.2, -0.15) is 10.4 Å². The Balaban J connectivity index is 2.16. The minimum absolute atomic E-state index is 0.0571. The number of aromatic nitrogens is 2. The number of carbonyl (C=O) groups is 1. The van der Waals surface area contributed by atoms with Crippen molar-refractivity contribution in [3.63, 3.8) is 0 Å². The lowest BCUT2D eigenvalue weighted by Gasteiger charge is -2.04. The number of ether oxygens (including phenoxy) is 1. The standard InChI is InChI=1S/C22H19N3O2/c1-3-27-22(26)18(14-23)13-19-15-25(20-12-8-7-9-16(20)2)24-21(19)17-10-5-4-6-11-17/h4-13,15H,3H2,1-2H3/b18-13+. The van der Waals surface area contributed by atoms with Crippen LogP contribution in [0.5, 0.6) is 0 Å². The number of aryl methyl sites for hydroxylation is 1. The Morgan fingerprint density at radius 3 is 2.56 bits per heavy atom. The number of nitrogens with zero attached hydrogens (tertiary/aromatic N) is 3. The zero-order chi connectivity index (χ0) is 19.2. The molecule has 3 aromatic rings. The molecule has 0 N–H and O–H groups in total. The summed E-state index contributed by atoms with van der Waals surface area (Å²) in [5.74, 6) is -0.636. The zero-order valence-corrected chi connectivity index (χ0v) is 15.2. The van der Waals surface area contributed by atoms with Gasteiger partial charge in [0.15, 0.2) is 0 Å². The molecule has 0 radical (unpaired) electrons. The van der Waals surface area contributed by atoms with Crippen molar-refractivity contribution in [2.45, 2.75) is 13.8 Å². The second-order valence-electron chi connectivity index (χ2n) is 5.92. The smallest absolute Gasteiger partial charge is 0.348 e. The molecule has 0 bridgehead atoms. The van der Waals surface area contributed by atoms with Crippen LogP contribution in [-0.2, 0) is 9.53 Å². The molecule has 0 saturated heterocycles. The highest BCUT2D eigenvalue weighted by Gasteiger charge is 2.16. The normalized spacial score (nSPS) is 11.1.